The van der Waals surface area contributed by atoms with Crippen LogP contribution in [0.25, 0.3) is 0 Å². The van der Waals surface area contributed by atoms with Gasteiger partial charge < -0.3 is 4.74 Å². The topological polar surface area (TPSA) is 43.4 Å². The fraction of sp³-hybridized carbons (Fsp3) is 0.818. The molecule has 0 aromatic rings. The lowest BCUT2D eigenvalue weighted by Gasteiger charge is -2.34. The molecule has 0 amide bonds. The molecular weight excluding hydrogens is 180 g/mol. The molecule has 0 N–H and O–H groups in total. The molecule has 0 spiro atoms. The van der Waals surface area contributed by atoms with Gasteiger partial charge in [0.25, 0.3) is 0 Å². The molecule has 0 aromatic heterocycles. The van der Waals surface area contributed by atoms with Crippen LogP contribution in [0.5, 0.6) is 0 Å². The van der Waals surface area contributed by atoms with Crippen molar-refractivity contribution in [3.63, 3.8) is 0 Å². The van der Waals surface area contributed by atoms with Crippen molar-refractivity contribution in [2.75, 3.05) is 0 Å². The number of carbonyl (C=O) groups is 2. The fourth-order valence-corrected chi connectivity index (χ4v) is 2.99. The third-order valence-corrected chi connectivity index (χ3v) is 4.65. The highest BCUT2D eigenvalue weighted by Gasteiger charge is 2.74. The number of fused-ring (bicyclic) bond motifs is 2. The third-order valence-electron chi connectivity index (χ3n) is 4.65. The van der Waals surface area contributed by atoms with E-state index in [1.807, 2.05) is 20.8 Å². The van der Waals surface area contributed by atoms with Crippen LogP contribution < -0.4 is 0 Å². The smallest absolute Gasteiger partial charge is 0.313 e. The molecule has 1 saturated heterocycles. The lowest BCUT2D eigenvalue weighted by molar-refractivity contribution is -0.166. The Morgan fingerprint density at radius 3 is 2.07 bits per heavy atom. The fourth-order valence-electron chi connectivity index (χ4n) is 2.99. The Bertz CT molecular complexity index is 331. The van der Waals surface area contributed by atoms with E-state index in [4.69, 9.17) is 4.74 Å². The number of ether oxygens (including phenoxy) is 1. The summed E-state index contributed by atoms with van der Waals surface area (Å²) in [5.41, 5.74) is -1.69. The normalized spacial score (nSPS) is 43.9. The lowest BCUT2D eigenvalue weighted by Crippen LogP contribution is -2.46. The molecule has 2 fully saturated rings. The second-order valence-corrected chi connectivity index (χ2v) is 5.23. The zero-order valence-electron chi connectivity index (χ0n) is 9.14. The van der Waals surface area contributed by atoms with E-state index < -0.39 is 11.0 Å². The first kappa shape index (κ1) is 9.69. The first-order valence-electron chi connectivity index (χ1n) is 5.02. The Morgan fingerprint density at radius 2 is 1.86 bits per heavy atom. The molecular formula is C11H16O3. The van der Waals surface area contributed by atoms with Crippen molar-refractivity contribution >= 4 is 11.8 Å². The van der Waals surface area contributed by atoms with E-state index in [-0.39, 0.29) is 17.2 Å². The van der Waals surface area contributed by atoms with Gasteiger partial charge in [-0.15, -0.1) is 0 Å². The van der Waals surface area contributed by atoms with Gasteiger partial charge in [-0.3, -0.25) is 9.59 Å². The number of Topliss-reactive ketones (excluding diaryl/α,β-unsaturated/α-hetero) is 1. The summed E-state index contributed by atoms with van der Waals surface area (Å²) in [7, 11) is 0. The predicted molar refractivity (Wildman–Crippen MR) is 50.6 cm³/mol. The Balaban J connectivity index is 2.60. The van der Waals surface area contributed by atoms with Crippen molar-refractivity contribution in [3.05, 3.63) is 0 Å². The van der Waals surface area contributed by atoms with E-state index >= 15 is 0 Å². The van der Waals surface area contributed by atoms with Crippen molar-refractivity contribution in [3.8, 4) is 0 Å². The summed E-state index contributed by atoms with van der Waals surface area (Å²) in [5.74, 6) is -0.221. The number of hydrogen-bond donors (Lipinski definition) is 0. The predicted octanol–water partition coefficient (Wildman–Crippen LogP) is 1.70. The van der Waals surface area contributed by atoms with E-state index in [0.29, 0.717) is 6.42 Å². The molecule has 3 nitrogen and oxygen atoms in total. The maximum atomic E-state index is 11.7. The Hall–Kier alpha value is -0.860. The summed E-state index contributed by atoms with van der Waals surface area (Å²) in [6.45, 7) is 7.36. The zero-order chi connectivity index (χ0) is 10.8. The summed E-state index contributed by atoms with van der Waals surface area (Å²) in [4.78, 5) is 23.4. The van der Waals surface area contributed by atoms with Gasteiger partial charge in [0.1, 0.15) is 0 Å². The van der Waals surface area contributed by atoms with Crippen LogP contribution in [0, 0.1) is 10.8 Å². The van der Waals surface area contributed by atoms with E-state index in [0.717, 1.165) is 6.42 Å². The minimum absolute atomic E-state index is 0.0166. The molecule has 0 radical (unpaired) electrons. The van der Waals surface area contributed by atoms with Crippen molar-refractivity contribution in [2.45, 2.75) is 46.1 Å². The minimum Gasteiger partial charge on any atom is -0.450 e. The van der Waals surface area contributed by atoms with Crippen LogP contribution in [0.1, 0.15) is 40.5 Å². The van der Waals surface area contributed by atoms with Crippen LogP contribution in [-0.2, 0) is 14.3 Å². The Kier molecular flexibility index (Phi) is 1.53. The molecule has 1 saturated carbocycles. The largest absolute Gasteiger partial charge is 0.450 e. The van der Waals surface area contributed by atoms with Gasteiger partial charge in [-0.05, 0) is 26.7 Å². The number of ketones is 1. The molecule has 1 aliphatic carbocycles. The third kappa shape index (κ3) is 0.677. The Morgan fingerprint density at radius 1 is 1.29 bits per heavy atom. The van der Waals surface area contributed by atoms with Crippen LogP contribution in [0.2, 0.25) is 0 Å². The van der Waals surface area contributed by atoms with E-state index in [1.165, 1.54) is 6.92 Å². The standard InChI is InChI=1S/C11H16O3/c1-7(12)11-6-5-10(4,8(13)14-11)9(11,2)3/h5-6H2,1-4H3/t10-,11+/m0/s1. The van der Waals surface area contributed by atoms with Crippen LogP contribution in [0.4, 0.5) is 0 Å². The van der Waals surface area contributed by atoms with E-state index in [1.54, 1.807) is 0 Å². The minimum atomic E-state index is -0.848. The second-order valence-electron chi connectivity index (χ2n) is 5.23. The van der Waals surface area contributed by atoms with Gasteiger partial charge >= 0.3 is 5.97 Å². The van der Waals surface area contributed by atoms with Gasteiger partial charge in [-0.2, -0.15) is 0 Å². The average Bonchev–Trinajstić information content (AvgIpc) is 2.34. The van der Waals surface area contributed by atoms with Gasteiger partial charge in [-0.1, -0.05) is 13.8 Å². The van der Waals surface area contributed by atoms with Gasteiger partial charge in [0.05, 0.1) is 5.41 Å². The average molecular weight is 196 g/mol. The highest BCUT2D eigenvalue weighted by Crippen LogP contribution is 2.65. The van der Waals surface area contributed by atoms with E-state index in [2.05, 4.69) is 0 Å². The van der Waals surface area contributed by atoms with Crippen molar-refractivity contribution < 1.29 is 14.3 Å². The van der Waals surface area contributed by atoms with Crippen LogP contribution in [0.3, 0.4) is 0 Å². The highest BCUT2D eigenvalue weighted by molar-refractivity contribution is 5.96. The number of carbonyl (C=O) groups excluding carboxylic acids is 2. The van der Waals surface area contributed by atoms with Gasteiger partial charge in [0.2, 0.25) is 0 Å². The first-order valence-corrected chi connectivity index (χ1v) is 5.02. The highest BCUT2D eigenvalue weighted by atomic mass is 16.6. The summed E-state index contributed by atoms with van der Waals surface area (Å²) >= 11 is 0. The number of esters is 1. The zero-order valence-corrected chi connectivity index (χ0v) is 9.14. The maximum Gasteiger partial charge on any atom is 0.313 e. The maximum absolute atomic E-state index is 11.7. The quantitative estimate of drug-likeness (QED) is 0.599. The molecule has 2 bridgehead atoms. The number of hydrogen-bond acceptors (Lipinski definition) is 3. The summed E-state index contributed by atoms with van der Waals surface area (Å²) in [5, 5.41) is 0. The molecule has 78 valence electrons. The molecule has 1 aliphatic heterocycles. The van der Waals surface area contributed by atoms with E-state index in [9.17, 15) is 9.59 Å². The van der Waals surface area contributed by atoms with Crippen molar-refractivity contribution in [1.82, 2.24) is 0 Å². The summed E-state index contributed by atoms with van der Waals surface area (Å²) in [6.07, 6.45) is 1.44. The van der Waals surface area contributed by atoms with Gasteiger partial charge in [-0.25, -0.2) is 0 Å². The van der Waals surface area contributed by atoms with Crippen molar-refractivity contribution in [2.24, 2.45) is 10.8 Å². The van der Waals surface area contributed by atoms with Crippen molar-refractivity contribution in [1.29, 1.82) is 0 Å². The molecule has 3 heteroatoms. The van der Waals surface area contributed by atoms with Gasteiger partial charge in [0.15, 0.2) is 11.4 Å². The summed E-state index contributed by atoms with van der Waals surface area (Å²) in [6, 6.07) is 0. The lowest BCUT2D eigenvalue weighted by atomic mass is 9.65. The second kappa shape index (κ2) is 2.20. The van der Waals surface area contributed by atoms with Gasteiger partial charge in [0, 0.05) is 5.41 Å². The molecule has 1 heterocycles. The molecule has 2 aliphatic rings. The van der Waals surface area contributed by atoms with Crippen LogP contribution in [-0.4, -0.2) is 17.4 Å². The molecule has 2 rings (SSSR count). The first-order chi connectivity index (χ1) is 6.28. The van der Waals surface area contributed by atoms with Crippen LogP contribution in [0.15, 0.2) is 0 Å². The number of rotatable bonds is 1. The summed E-state index contributed by atoms with van der Waals surface area (Å²) < 4.78 is 5.34. The molecule has 0 aromatic carbocycles. The SMILES string of the molecule is CC(=O)[C@@]12CC[C@@](C)(C(=O)O1)C2(C)C. The monoisotopic (exact) mass is 196 g/mol. The molecule has 2 atom stereocenters. The Labute approximate surface area is 83.8 Å². The van der Waals surface area contributed by atoms with Crippen LogP contribution >= 0.6 is 0 Å². The molecule has 14 heavy (non-hydrogen) atoms. The molecule has 0 unspecified atom stereocenters.